The molecule has 1 aromatic heterocycles. The minimum absolute atomic E-state index is 0.257. The van der Waals surface area contributed by atoms with Crippen LogP contribution < -0.4 is 0 Å². The molecule has 0 aliphatic rings. The van der Waals surface area contributed by atoms with E-state index >= 15 is 0 Å². The van der Waals surface area contributed by atoms with Crippen molar-refractivity contribution < 1.29 is 18.7 Å². The SMILES string of the molecule is CCOC(=O)c1[nH]c(C)c(C(=O)/C=C/c2ccccc2F)c1C. The molecule has 5 heteroatoms. The van der Waals surface area contributed by atoms with Crippen LogP contribution in [0.3, 0.4) is 0 Å². The van der Waals surface area contributed by atoms with Gasteiger partial charge in [0.05, 0.1) is 6.61 Å². The summed E-state index contributed by atoms with van der Waals surface area (Å²) in [7, 11) is 0. The number of hydrogen-bond acceptors (Lipinski definition) is 3. The number of hydrogen-bond donors (Lipinski definition) is 1. The van der Waals surface area contributed by atoms with Gasteiger partial charge in [-0.1, -0.05) is 18.2 Å². The molecule has 0 bridgehead atoms. The predicted octanol–water partition coefficient (Wildman–Crippen LogP) is 3.84. The number of esters is 1. The van der Waals surface area contributed by atoms with Gasteiger partial charge in [-0.15, -0.1) is 0 Å². The molecule has 0 aliphatic carbocycles. The lowest BCUT2D eigenvalue weighted by Crippen LogP contribution is -2.07. The van der Waals surface area contributed by atoms with Crippen molar-refractivity contribution in [1.82, 2.24) is 4.98 Å². The highest BCUT2D eigenvalue weighted by Crippen LogP contribution is 2.20. The molecule has 0 spiro atoms. The monoisotopic (exact) mass is 315 g/mol. The molecule has 2 aromatic rings. The number of aromatic amines is 1. The first-order chi connectivity index (χ1) is 11.0. The summed E-state index contributed by atoms with van der Waals surface area (Å²) in [5.41, 5.74) is 2.11. The predicted molar refractivity (Wildman–Crippen MR) is 86.0 cm³/mol. The van der Waals surface area contributed by atoms with Crippen LogP contribution in [-0.4, -0.2) is 23.3 Å². The Labute approximate surface area is 134 Å². The molecule has 1 N–H and O–H groups in total. The number of carbonyl (C=O) groups excluding carboxylic acids is 2. The van der Waals surface area contributed by atoms with Crippen molar-refractivity contribution in [2.24, 2.45) is 0 Å². The molecular weight excluding hydrogens is 297 g/mol. The number of aryl methyl sites for hydroxylation is 1. The van der Waals surface area contributed by atoms with E-state index in [1.165, 1.54) is 18.2 Å². The van der Waals surface area contributed by atoms with Crippen molar-refractivity contribution >= 4 is 17.8 Å². The van der Waals surface area contributed by atoms with Crippen LogP contribution >= 0.6 is 0 Å². The number of ketones is 1. The van der Waals surface area contributed by atoms with Crippen LogP contribution in [0.5, 0.6) is 0 Å². The minimum atomic E-state index is -0.495. The molecule has 0 saturated heterocycles. The number of benzene rings is 1. The zero-order valence-electron chi connectivity index (χ0n) is 13.3. The van der Waals surface area contributed by atoms with Gasteiger partial charge < -0.3 is 9.72 Å². The van der Waals surface area contributed by atoms with Crippen LogP contribution in [0.15, 0.2) is 30.3 Å². The molecule has 1 aromatic carbocycles. The normalized spacial score (nSPS) is 11.0. The molecule has 23 heavy (non-hydrogen) atoms. The second-order valence-electron chi connectivity index (χ2n) is 5.06. The molecule has 0 saturated carbocycles. The van der Waals surface area contributed by atoms with E-state index in [2.05, 4.69) is 4.98 Å². The molecule has 1 heterocycles. The van der Waals surface area contributed by atoms with Gasteiger partial charge in [-0.05, 0) is 44.6 Å². The maximum Gasteiger partial charge on any atom is 0.355 e. The second-order valence-corrected chi connectivity index (χ2v) is 5.06. The average molecular weight is 315 g/mol. The fourth-order valence-corrected chi connectivity index (χ4v) is 2.39. The zero-order chi connectivity index (χ0) is 17.0. The molecule has 4 nitrogen and oxygen atoms in total. The standard InChI is InChI=1S/C18H18FNO3/c1-4-23-18(22)17-11(2)16(12(3)20-17)15(21)10-9-13-7-5-6-8-14(13)19/h5-10,20H,4H2,1-3H3/b10-9+. The van der Waals surface area contributed by atoms with Crippen molar-refractivity contribution in [3.63, 3.8) is 0 Å². The highest BCUT2D eigenvalue weighted by molar-refractivity contribution is 6.10. The summed E-state index contributed by atoms with van der Waals surface area (Å²) in [5.74, 6) is -1.19. The Kier molecular flexibility index (Phi) is 5.11. The number of allylic oxidation sites excluding steroid dienone is 1. The Bertz CT molecular complexity index is 775. The van der Waals surface area contributed by atoms with Gasteiger partial charge >= 0.3 is 5.97 Å². The van der Waals surface area contributed by atoms with Gasteiger partial charge in [0.15, 0.2) is 5.78 Å². The van der Waals surface area contributed by atoms with Crippen LogP contribution in [0.1, 0.15) is 44.6 Å². The quantitative estimate of drug-likeness (QED) is 0.518. The van der Waals surface area contributed by atoms with E-state index in [-0.39, 0.29) is 18.1 Å². The summed E-state index contributed by atoms with van der Waals surface area (Å²) in [6.07, 6.45) is 2.73. The summed E-state index contributed by atoms with van der Waals surface area (Å²) in [4.78, 5) is 27.1. The molecule has 0 atom stereocenters. The summed E-state index contributed by atoms with van der Waals surface area (Å²) < 4.78 is 18.5. The van der Waals surface area contributed by atoms with E-state index in [1.54, 1.807) is 39.0 Å². The average Bonchev–Trinajstić information content (AvgIpc) is 2.81. The fourth-order valence-electron chi connectivity index (χ4n) is 2.39. The lowest BCUT2D eigenvalue weighted by molar-refractivity contribution is 0.0519. The van der Waals surface area contributed by atoms with Crippen LogP contribution in [0.25, 0.3) is 6.08 Å². The molecular formula is C18H18FNO3. The first-order valence-electron chi connectivity index (χ1n) is 7.29. The molecule has 0 aliphatic heterocycles. The van der Waals surface area contributed by atoms with E-state index in [0.717, 1.165) is 0 Å². The minimum Gasteiger partial charge on any atom is -0.461 e. The molecule has 0 amide bonds. The number of aromatic nitrogens is 1. The molecule has 0 fully saturated rings. The Morgan fingerprint density at radius 1 is 1.26 bits per heavy atom. The Morgan fingerprint density at radius 3 is 2.61 bits per heavy atom. The van der Waals surface area contributed by atoms with Crippen LogP contribution in [0, 0.1) is 19.7 Å². The summed E-state index contributed by atoms with van der Waals surface area (Å²) in [6, 6.07) is 6.19. The molecule has 0 unspecified atom stereocenters. The van der Waals surface area contributed by atoms with Crippen molar-refractivity contribution in [2.45, 2.75) is 20.8 Å². The maximum absolute atomic E-state index is 13.6. The second kappa shape index (κ2) is 7.05. The smallest absolute Gasteiger partial charge is 0.355 e. The van der Waals surface area contributed by atoms with Gasteiger partial charge in [-0.2, -0.15) is 0 Å². The van der Waals surface area contributed by atoms with E-state index < -0.39 is 11.8 Å². The number of rotatable bonds is 5. The van der Waals surface area contributed by atoms with Crippen LogP contribution in [-0.2, 0) is 4.74 Å². The van der Waals surface area contributed by atoms with Crippen LogP contribution in [0.2, 0.25) is 0 Å². The first-order valence-corrected chi connectivity index (χ1v) is 7.29. The summed E-state index contributed by atoms with van der Waals surface area (Å²) in [6.45, 7) is 5.36. The first kappa shape index (κ1) is 16.7. The third-order valence-corrected chi connectivity index (χ3v) is 3.48. The van der Waals surface area contributed by atoms with Gasteiger partial charge in [0.1, 0.15) is 11.5 Å². The van der Waals surface area contributed by atoms with Gasteiger partial charge in [-0.25, -0.2) is 9.18 Å². The highest BCUT2D eigenvalue weighted by atomic mass is 19.1. The number of halogens is 1. The van der Waals surface area contributed by atoms with Crippen molar-refractivity contribution in [3.8, 4) is 0 Å². The Morgan fingerprint density at radius 2 is 1.96 bits per heavy atom. The van der Waals surface area contributed by atoms with Gasteiger partial charge in [0, 0.05) is 16.8 Å². The third kappa shape index (κ3) is 3.56. The molecule has 120 valence electrons. The third-order valence-electron chi connectivity index (χ3n) is 3.48. The Hall–Kier alpha value is -2.69. The van der Waals surface area contributed by atoms with Gasteiger partial charge in [0.2, 0.25) is 0 Å². The molecule has 2 rings (SSSR count). The van der Waals surface area contributed by atoms with E-state index in [0.29, 0.717) is 22.4 Å². The van der Waals surface area contributed by atoms with E-state index in [1.807, 2.05) is 0 Å². The number of ether oxygens (including phenoxy) is 1. The Balaban J connectivity index is 2.30. The lowest BCUT2D eigenvalue weighted by Gasteiger charge is -2.01. The largest absolute Gasteiger partial charge is 0.461 e. The summed E-state index contributed by atoms with van der Waals surface area (Å²) >= 11 is 0. The number of carbonyl (C=O) groups is 2. The lowest BCUT2D eigenvalue weighted by atomic mass is 10.0. The van der Waals surface area contributed by atoms with E-state index in [9.17, 15) is 14.0 Å². The van der Waals surface area contributed by atoms with Crippen molar-refractivity contribution in [2.75, 3.05) is 6.61 Å². The number of H-pyrrole nitrogens is 1. The summed E-state index contributed by atoms with van der Waals surface area (Å²) in [5, 5.41) is 0. The van der Waals surface area contributed by atoms with Crippen molar-refractivity contribution in [3.05, 3.63) is 64.2 Å². The van der Waals surface area contributed by atoms with Gasteiger partial charge in [0.25, 0.3) is 0 Å². The topological polar surface area (TPSA) is 59.2 Å². The highest BCUT2D eigenvalue weighted by Gasteiger charge is 2.21. The fraction of sp³-hybridized carbons (Fsp3) is 0.222. The maximum atomic E-state index is 13.6. The van der Waals surface area contributed by atoms with Gasteiger partial charge in [-0.3, -0.25) is 4.79 Å². The van der Waals surface area contributed by atoms with Crippen LogP contribution in [0.4, 0.5) is 4.39 Å². The zero-order valence-corrected chi connectivity index (χ0v) is 13.3. The number of nitrogens with one attached hydrogen (secondary N) is 1. The molecule has 0 radical (unpaired) electrons. The van der Waals surface area contributed by atoms with E-state index in [4.69, 9.17) is 4.74 Å². The van der Waals surface area contributed by atoms with Crippen molar-refractivity contribution in [1.29, 1.82) is 0 Å².